The molecule has 0 aliphatic rings. The number of hydrogen-bond acceptors (Lipinski definition) is 5. The predicted octanol–water partition coefficient (Wildman–Crippen LogP) is 0.845. The third kappa shape index (κ3) is 15.8. The lowest BCUT2D eigenvalue weighted by Gasteiger charge is -2.06. The molecule has 1 N–H and O–H groups in total. The average molecular weight is 250 g/mol. The van der Waals surface area contributed by atoms with Crippen molar-refractivity contribution in [2.75, 3.05) is 59.5 Å². The van der Waals surface area contributed by atoms with Crippen molar-refractivity contribution in [3.05, 3.63) is 0 Å². The minimum absolute atomic E-state index is 0.0634. The maximum atomic E-state index is 8.45. The molecule has 0 atom stereocenters. The van der Waals surface area contributed by atoms with Crippen LogP contribution in [0, 0.1) is 0 Å². The Morgan fingerprint density at radius 1 is 0.647 bits per heavy atom. The molecule has 0 aromatic heterocycles. The van der Waals surface area contributed by atoms with Crippen molar-refractivity contribution >= 4 is 0 Å². The van der Waals surface area contributed by atoms with Crippen LogP contribution in [-0.2, 0) is 18.9 Å². The fourth-order valence-corrected chi connectivity index (χ4v) is 1.12. The second kappa shape index (κ2) is 15.8. The van der Waals surface area contributed by atoms with E-state index in [9.17, 15) is 0 Å². The Labute approximate surface area is 104 Å². The van der Waals surface area contributed by atoms with Gasteiger partial charge in [-0.1, -0.05) is 6.92 Å². The van der Waals surface area contributed by atoms with Gasteiger partial charge in [-0.25, -0.2) is 0 Å². The van der Waals surface area contributed by atoms with Crippen molar-refractivity contribution < 1.29 is 24.1 Å². The highest BCUT2D eigenvalue weighted by Gasteiger charge is 1.92. The molecule has 0 aromatic carbocycles. The Morgan fingerprint density at radius 3 is 1.59 bits per heavy atom. The van der Waals surface area contributed by atoms with Crippen molar-refractivity contribution in [3.8, 4) is 0 Å². The Bertz CT molecular complexity index is 118. The van der Waals surface area contributed by atoms with Gasteiger partial charge in [-0.05, 0) is 12.8 Å². The maximum absolute atomic E-state index is 8.45. The van der Waals surface area contributed by atoms with Crippen LogP contribution in [0.5, 0.6) is 0 Å². The summed E-state index contributed by atoms with van der Waals surface area (Å²) < 4.78 is 21.0. The first kappa shape index (κ1) is 16.8. The number of aliphatic hydroxyl groups is 1. The molecule has 0 aliphatic heterocycles. The van der Waals surface area contributed by atoms with E-state index in [1.807, 2.05) is 0 Å². The van der Waals surface area contributed by atoms with Gasteiger partial charge in [-0.3, -0.25) is 0 Å². The van der Waals surface area contributed by atoms with E-state index in [1.165, 1.54) is 0 Å². The van der Waals surface area contributed by atoms with Crippen LogP contribution in [-0.4, -0.2) is 64.6 Å². The Kier molecular flexibility index (Phi) is 15.6. The van der Waals surface area contributed by atoms with Gasteiger partial charge in [0.15, 0.2) is 0 Å². The quantitative estimate of drug-likeness (QED) is 0.463. The van der Waals surface area contributed by atoms with E-state index < -0.39 is 0 Å². The first-order chi connectivity index (χ1) is 8.41. The lowest BCUT2D eigenvalue weighted by Crippen LogP contribution is -2.10. The Balaban J connectivity index is 2.85. The minimum Gasteiger partial charge on any atom is -0.394 e. The first-order valence-corrected chi connectivity index (χ1v) is 6.33. The van der Waals surface area contributed by atoms with Gasteiger partial charge in [-0.15, -0.1) is 0 Å². The molecule has 0 saturated carbocycles. The summed E-state index contributed by atoms with van der Waals surface area (Å²) in [7, 11) is 0. The molecule has 0 amide bonds. The van der Waals surface area contributed by atoms with Crippen molar-refractivity contribution in [1.29, 1.82) is 0 Å². The van der Waals surface area contributed by atoms with Gasteiger partial charge >= 0.3 is 0 Å². The topological polar surface area (TPSA) is 57.2 Å². The second-order valence-corrected chi connectivity index (χ2v) is 3.53. The zero-order chi connectivity index (χ0) is 12.6. The maximum Gasteiger partial charge on any atom is 0.0701 e. The predicted molar refractivity (Wildman–Crippen MR) is 65.3 cm³/mol. The van der Waals surface area contributed by atoms with Gasteiger partial charge in [0.2, 0.25) is 0 Å². The number of ether oxygens (including phenoxy) is 4. The lowest BCUT2D eigenvalue weighted by atomic mass is 10.5. The zero-order valence-corrected chi connectivity index (χ0v) is 10.9. The highest BCUT2D eigenvalue weighted by Crippen LogP contribution is 1.87. The van der Waals surface area contributed by atoms with E-state index in [4.69, 9.17) is 24.1 Å². The summed E-state index contributed by atoms with van der Waals surface area (Å²) in [6.07, 6.45) is 1.93. The molecular weight excluding hydrogens is 224 g/mol. The smallest absolute Gasteiger partial charge is 0.0701 e. The summed E-state index contributed by atoms with van der Waals surface area (Å²) in [5.41, 5.74) is 0. The summed E-state index contributed by atoms with van der Waals surface area (Å²) in [5, 5.41) is 8.45. The SMILES string of the molecule is CCCOCCOCCCOCCOCCO. The highest BCUT2D eigenvalue weighted by molar-refractivity contribution is 4.37. The van der Waals surface area contributed by atoms with Crippen LogP contribution in [0.4, 0.5) is 0 Å². The van der Waals surface area contributed by atoms with Crippen LogP contribution in [0.1, 0.15) is 19.8 Å². The molecule has 5 nitrogen and oxygen atoms in total. The monoisotopic (exact) mass is 250 g/mol. The molecule has 0 heterocycles. The van der Waals surface area contributed by atoms with Crippen molar-refractivity contribution in [2.45, 2.75) is 19.8 Å². The molecule has 104 valence electrons. The molecule has 0 aliphatic carbocycles. The first-order valence-electron chi connectivity index (χ1n) is 6.33. The molecule has 17 heavy (non-hydrogen) atoms. The van der Waals surface area contributed by atoms with Gasteiger partial charge < -0.3 is 24.1 Å². The van der Waals surface area contributed by atoms with E-state index in [2.05, 4.69) is 6.92 Å². The van der Waals surface area contributed by atoms with Crippen molar-refractivity contribution in [3.63, 3.8) is 0 Å². The molecule has 0 fully saturated rings. The third-order valence-corrected chi connectivity index (χ3v) is 1.91. The van der Waals surface area contributed by atoms with Crippen LogP contribution in [0.2, 0.25) is 0 Å². The Hall–Kier alpha value is -0.200. The molecular formula is C12H26O5. The molecule has 0 bridgehead atoms. The Morgan fingerprint density at radius 2 is 1.12 bits per heavy atom. The molecule has 0 aromatic rings. The summed E-state index contributed by atoms with van der Waals surface area (Å²) in [4.78, 5) is 0. The van der Waals surface area contributed by atoms with Crippen LogP contribution < -0.4 is 0 Å². The number of rotatable bonds is 14. The lowest BCUT2D eigenvalue weighted by molar-refractivity contribution is 0.0162. The fourth-order valence-electron chi connectivity index (χ4n) is 1.12. The fraction of sp³-hybridized carbons (Fsp3) is 1.00. The summed E-state index contributed by atoms with van der Waals surface area (Å²) in [6, 6.07) is 0. The molecule has 5 heteroatoms. The summed E-state index contributed by atoms with van der Waals surface area (Å²) in [6.45, 7) is 7.14. The zero-order valence-electron chi connectivity index (χ0n) is 10.9. The summed E-state index contributed by atoms with van der Waals surface area (Å²) >= 11 is 0. The molecule has 0 radical (unpaired) electrons. The summed E-state index contributed by atoms with van der Waals surface area (Å²) in [5.74, 6) is 0. The third-order valence-electron chi connectivity index (χ3n) is 1.91. The number of aliphatic hydroxyl groups excluding tert-OH is 1. The normalized spacial score (nSPS) is 10.9. The van der Waals surface area contributed by atoms with Gasteiger partial charge in [-0.2, -0.15) is 0 Å². The van der Waals surface area contributed by atoms with E-state index in [-0.39, 0.29) is 6.61 Å². The molecule has 0 spiro atoms. The van der Waals surface area contributed by atoms with Crippen molar-refractivity contribution in [1.82, 2.24) is 0 Å². The van der Waals surface area contributed by atoms with E-state index in [1.54, 1.807) is 0 Å². The van der Waals surface area contributed by atoms with Crippen molar-refractivity contribution in [2.24, 2.45) is 0 Å². The largest absolute Gasteiger partial charge is 0.394 e. The highest BCUT2D eigenvalue weighted by atomic mass is 16.5. The molecule has 0 unspecified atom stereocenters. The van der Waals surface area contributed by atoms with Crippen LogP contribution in [0.3, 0.4) is 0 Å². The van der Waals surface area contributed by atoms with Crippen LogP contribution in [0.25, 0.3) is 0 Å². The molecule has 0 saturated heterocycles. The second-order valence-electron chi connectivity index (χ2n) is 3.53. The van der Waals surface area contributed by atoms with Gasteiger partial charge in [0.05, 0.1) is 39.6 Å². The molecule has 0 rings (SSSR count). The van der Waals surface area contributed by atoms with Crippen LogP contribution in [0.15, 0.2) is 0 Å². The van der Waals surface area contributed by atoms with E-state index >= 15 is 0 Å². The van der Waals surface area contributed by atoms with Gasteiger partial charge in [0.1, 0.15) is 0 Å². The number of hydrogen-bond donors (Lipinski definition) is 1. The van der Waals surface area contributed by atoms with Crippen LogP contribution >= 0.6 is 0 Å². The average Bonchev–Trinajstić information content (AvgIpc) is 2.35. The van der Waals surface area contributed by atoms with E-state index in [0.29, 0.717) is 46.2 Å². The van der Waals surface area contributed by atoms with Gasteiger partial charge in [0.25, 0.3) is 0 Å². The van der Waals surface area contributed by atoms with Gasteiger partial charge in [0, 0.05) is 19.8 Å². The minimum atomic E-state index is 0.0634. The standard InChI is InChI=1S/C12H26O5/c1-2-5-14-9-10-15-6-3-7-16-11-12-17-8-4-13/h13H,2-12H2,1H3. The van der Waals surface area contributed by atoms with E-state index in [0.717, 1.165) is 19.4 Å².